The third-order valence-corrected chi connectivity index (χ3v) is 7.11. The van der Waals surface area contributed by atoms with Crippen LogP contribution in [-0.4, -0.2) is 54.5 Å². The Balaban J connectivity index is 0.000000858. The van der Waals surface area contributed by atoms with Crippen LogP contribution in [0, 0.1) is 0 Å². The molecule has 1 aromatic heterocycles. The number of hydrogen-bond acceptors (Lipinski definition) is 5. The van der Waals surface area contributed by atoms with Crippen LogP contribution in [0.25, 0.3) is 0 Å². The fourth-order valence-corrected chi connectivity index (χ4v) is 5.42. The summed E-state index contributed by atoms with van der Waals surface area (Å²) in [6.45, 7) is 1.64. The van der Waals surface area contributed by atoms with Crippen LogP contribution >= 0.6 is 34.5 Å². The van der Waals surface area contributed by atoms with Crippen molar-refractivity contribution >= 4 is 52.8 Å². The Bertz CT molecular complexity index is 957. The zero-order chi connectivity index (χ0) is 22.4. The average Bonchev–Trinajstić information content (AvgIpc) is 3.25. The number of carbonyl (C=O) groups excluding carboxylic acids is 2. The van der Waals surface area contributed by atoms with Crippen LogP contribution in [0.15, 0.2) is 29.6 Å². The van der Waals surface area contributed by atoms with E-state index in [9.17, 15) is 9.59 Å². The summed E-state index contributed by atoms with van der Waals surface area (Å²) < 4.78 is 6.18. The first-order chi connectivity index (χ1) is 14.9. The molecule has 166 valence electrons. The second-order valence-corrected chi connectivity index (χ2v) is 8.92. The summed E-state index contributed by atoms with van der Waals surface area (Å²) in [7, 11) is 0. The molecular formula is C21H22Cl2N2O5S. The number of nitrogens with zero attached hydrogens (tertiary/aromatic N) is 1. The summed E-state index contributed by atoms with van der Waals surface area (Å²) in [5, 5.41) is 12.4. The Kier molecular flexibility index (Phi) is 7.94. The molecule has 7 nitrogen and oxygen atoms in total. The fraction of sp³-hybridized carbons (Fsp3) is 0.381. The molecule has 2 amide bonds. The summed E-state index contributed by atoms with van der Waals surface area (Å²) in [5.41, 5.74) is 1.39. The zero-order valence-electron chi connectivity index (χ0n) is 16.6. The number of nitrogens with one attached hydrogen (secondary N) is 1. The van der Waals surface area contributed by atoms with E-state index in [0.717, 1.165) is 25.9 Å². The molecule has 0 bridgehead atoms. The maximum atomic E-state index is 12.6. The molecule has 0 atom stereocenters. The van der Waals surface area contributed by atoms with Crippen LogP contribution in [0.2, 0.25) is 10.0 Å². The summed E-state index contributed by atoms with van der Waals surface area (Å²) in [6.07, 6.45) is 2.52. The number of carboxylic acid groups (broad SMARTS) is 1. The van der Waals surface area contributed by atoms with Crippen LogP contribution in [0.1, 0.15) is 33.6 Å². The molecule has 2 aromatic rings. The van der Waals surface area contributed by atoms with Crippen molar-refractivity contribution in [3.63, 3.8) is 0 Å². The molecule has 2 aliphatic rings. The maximum Gasteiger partial charge on any atom is 0.290 e. The molecular weight excluding hydrogens is 463 g/mol. The molecule has 3 heterocycles. The first-order valence-electron chi connectivity index (χ1n) is 9.70. The van der Waals surface area contributed by atoms with Crippen molar-refractivity contribution in [2.45, 2.75) is 24.9 Å². The number of carbonyl (C=O) groups is 3. The van der Waals surface area contributed by atoms with E-state index >= 15 is 0 Å². The van der Waals surface area contributed by atoms with E-state index < -0.39 is 5.91 Å². The third kappa shape index (κ3) is 5.38. The number of hydrogen-bond donors (Lipinski definition) is 2. The van der Waals surface area contributed by atoms with E-state index in [2.05, 4.69) is 16.8 Å². The van der Waals surface area contributed by atoms with Gasteiger partial charge >= 0.3 is 0 Å². The average molecular weight is 485 g/mol. The summed E-state index contributed by atoms with van der Waals surface area (Å²) in [4.78, 5) is 36.3. The van der Waals surface area contributed by atoms with Crippen molar-refractivity contribution in [3.05, 3.63) is 55.7 Å². The molecule has 1 saturated heterocycles. The van der Waals surface area contributed by atoms with Gasteiger partial charge in [-0.1, -0.05) is 23.2 Å². The summed E-state index contributed by atoms with van der Waals surface area (Å²) in [6, 6.07) is 6.85. The van der Waals surface area contributed by atoms with E-state index in [4.69, 9.17) is 37.8 Å². The van der Waals surface area contributed by atoms with E-state index in [1.54, 1.807) is 28.4 Å². The van der Waals surface area contributed by atoms with Crippen molar-refractivity contribution in [2.75, 3.05) is 26.2 Å². The molecule has 1 aromatic carbocycles. The van der Waals surface area contributed by atoms with Crippen LogP contribution in [-0.2, 0) is 26.3 Å². The SMILES string of the molecule is O=C(NCC(=O)N1CCC2(CC1)OCCc1ccsc12)c1cc(Cl)ccc1Cl.O=CO. The number of ether oxygens (including phenoxy) is 1. The van der Waals surface area contributed by atoms with Crippen molar-refractivity contribution in [1.82, 2.24) is 10.2 Å². The first kappa shape index (κ1) is 23.5. The Hall–Kier alpha value is -2.13. The molecule has 2 aliphatic heterocycles. The number of benzene rings is 1. The van der Waals surface area contributed by atoms with Crippen LogP contribution in [0.4, 0.5) is 0 Å². The number of fused-ring (bicyclic) bond motifs is 2. The van der Waals surface area contributed by atoms with Gasteiger partial charge in [0, 0.05) is 23.0 Å². The molecule has 0 unspecified atom stereocenters. The first-order valence-corrected chi connectivity index (χ1v) is 11.3. The quantitative estimate of drug-likeness (QED) is 0.649. The number of thiophene rings is 1. The van der Waals surface area contributed by atoms with Gasteiger partial charge in [0.1, 0.15) is 5.60 Å². The number of rotatable bonds is 3. The van der Waals surface area contributed by atoms with Crippen LogP contribution in [0.3, 0.4) is 0 Å². The molecule has 0 aliphatic carbocycles. The van der Waals surface area contributed by atoms with Gasteiger partial charge in [-0.25, -0.2) is 0 Å². The predicted molar refractivity (Wildman–Crippen MR) is 119 cm³/mol. The smallest absolute Gasteiger partial charge is 0.290 e. The lowest BCUT2D eigenvalue weighted by Gasteiger charge is -2.43. The predicted octanol–water partition coefficient (Wildman–Crippen LogP) is 3.58. The molecule has 0 saturated carbocycles. The summed E-state index contributed by atoms with van der Waals surface area (Å²) >= 11 is 13.7. The van der Waals surface area contributed by atoms with Gasteiger partial charge in [0.25, 0.3) is 12.4 Å². The van der Waals surface area contributed by atoms with Gasteiger partial charge < -0.3 is 20.1 Å². The maximum absolute atomic E-state index is 12.6. The minimum absolute atomic E-state index is 0.0697. The van der Waals surface area contributed by atoms with Gasteiger partial charge in [-0.2, -0.15) is 0 Å². The highest BCUT2D eigenvalue weighted by atomic mass is 35.5. The Morgan fingerprint density at radius 3 is 2.68 bits per heavy atom. The number of piperidine rings is 1. The number of halogens is 2. The van der Waals surface area contributed by atoms with Crippen molar-refractivity contribution < 1.29 is 24.2 Å². The van der Waals surface area contributed by atoms with E-state index in [1.165, 1.54) is 16.5 Å². The van der Waals surface area contributed by atoms with Gasteiger partial charge in [-0.15, -0.1) is 11.3 Å². The monoisotopic (exact) mass is 484 g/mol. The Morgan fingerprint density at radius 2 is 1.97 bits per heavy atom. The lowest BCUT2D eigenvalue weighted by molar-refractivity contribution is -0.139. The van der Waals surface area contributed by atoms with Crippen LogP contribution in [0.5, 0.6) is 0 Å². The Labute approximate surface area is 193 Å². The second-order valence-electron chi connectivity index (χ2n) is 7.16. The minimum Gasteiger partial charge on any atom is -0.483 e. The van der Waals surface area contributed by atoms with Crippen LogP contribution < -0.4 is 5.32 Å². The molecule has 1 fully saturated rings. The number of likely N-dealkylation sites (tertiary alicyclic amines) is 1. The molecule has 10 heteroatoms. The van der Waals surface area contributed by atoms with Gasteiger partial charge in [-0.05, 0) is 54.5 Å². The highest BCUT2D eigenvalue weighted by Crippen LogP contribution is 2.44. The Morgan fingerprint density at radius 1 is 1.26 bits per heavy atom. The molecule has 0 radical (unpaired) electrons. The highest BCUT2D eigenvalue weighted by Gasteiger charge is 2.42. The zero-order valence-corrected chi connectivity index (χ0v) is 18.9. The van der Waals surface area contributed by atoms with Gasteiger partial charge in [0.2, 0.25) is 5.91 Å². The van der Waals surface area contributed by atoms with Crippen molar-refractivity contribution in [1.29, 1.82) is 0 Å². The molecule has 2 N–H and O–H groups in total. The van der Waals surface area contributed by atoms with Crippen molar-refractivity contribution in [2.24, 2.45) is 0 Å². The van der Waals surface area contributed by atoms with E-state index in [0.29, 0.717) is 23.1 Å². The normalized spacial score (nSPS) is 16.6. The van der Waals surface area contributed by atoms with Gasteiger partial charge in [-0.3, -0.25) is 14.4 Å². The highest BCUT2D eigenvalue weighted by molar-refractivity contribution is 7.10. The molecule has 31 heavy (non-hydrogen) atoms. The third-order valence-electron chi connectivity index (χ3n) is 5.41. The fourth-order valence-electron chi connectivity index (χ4n) is 3.88. The van der Waals surface area contributed by atoms with Gasteiger partial charge in [0.15, 0.2) is 0 Å². The van der Waals surface area contributed by atoms with Gasteiger partial charge in [0.05, 0.1) is 23.7 Å². The van der Waals surface area contributed by atoms with Crippen molar-refractivity contribution in [3.8, 4) is 0 Å². The topological polar surface area (TPSA) is 95.9 Å². The molecule has 4 rings (SSSR count). The van der Waals surface area contributed by atoms with E-state index in [-0.39, 0.29) is 30.1 Å². The lowest BCUT2D eigenvalue weighted by Crippen LogP contribution is -2.50. The number of amides is 2. The summed E-state index contributed by atoms with van der Waals surface area (Å²) in [5.74, 6) is -0.517. The lowest BCUT2D eigenvalue weighted by atomic mass is 9.85. The van der Waals surface area contributed by atoms with E-state index in [1.807, 2.05) is 0 Å². The minimum atomic E-state index is -0.409. The second kappa shape index (κ2) is 10.5. The molecule has 1 spiro atoms. The standard InChI is InChI=1S/C20H20Cl2N2O3S.CH2O2/c21-14-1-2-16(22)15(11-14)19(26)23-12-17(25)24-7-5-20(6-8-24)18-13(3-9-27-20)4-10-28-18;2-1-3/h1-2,4,10-11H,3,5-9,12H2,(H,23,26);1H,(H,2,3). The largest absolute Gasteiger partial charge is 0.483 e.